The molecule has 0 atom stereocenters. The van der Waals surface area contributed by atoms with Crippen LogP contribution in [-0.2, 0) is 18.5 Å². The van der Waals surface area contributed by atoms with Gasteiger partial charge in [-0.25, -0.2) is 4.98 Å². The normalized spacial score (nSPS) is 19.6. The van der Waals surface area contributed by atoms with Gasteiger partial charge in [0, 0.05) is 23.9 Å². The third-order valence-electron chi connectivity index (χ3n) is 5.21. The van der Waals surface area contributed by atoms with Gasteiger partial charge in [-0.1, -0.05) is 0 Å². The number of amides is 1. The molecule has 0 aliphatic heterocycles. The Morgan fingerprint density at radius 2 is 1.32 bits per heavy atom. The quantitative estimate of drug-likeness (QED) is 0.505. The van der Waals surface area contributed by atoms with Gasteiger partial charge in [-0.05, 0) is 49.9 Å². The lowest BCUT2D eigenvalue weighted by Gasteiger charge is -2.29. The molecule has 1 aromatic heterocycles. The van der Waals surface area contributed by atoms with Crippen molar-refractivity contribution in [1.29, 1.82) is 0 Å². The van der Waals surface area contributed by atoms with Crippen molar-refractivity contribution in [3.63, 3.8) is 0 Å². The third-order valence-corrected chi connectivity index (χ3v) is 5.21. The van der Waals surface area contributed by atoms with Crippen LogP contribution in [0.1, 0.15) is 52.7 Å². The molecule has 1 fully saturated rings. The van der Waals surface area contributed by atoms with Gasteiger partial charge in [-0.2, -0.15) is 39.5 Å². The molecule has 0 bridgehead atoms. The Morgan fingerprint density at radius 1 is 0.794 bits per heavy atom. The number of carbonyl (C=O) groups excluding carboxylic acids is 1. The molecule has 186 valence electrons. The van der Waals surface area contributed by atoms with E-state index >= 15 is 0 Å². The fraction of sp³-hybridized carbons (Fsp3) is 0.429. The summed E-state index contributed by atoms with van der Waals surface area (Å²) < 4.78 is 121. The Bertz CT molecular complexity index is 975. The van der Waals surface area contributed by atoms with Crippen LogP contribution in [0.4, 0.5) is 39.5 Å². The smallest absolute Gasteiger partial charge is 0.417 e. The molecule has 3 rings (SSSR count). The minimum atomic E-state index is -5.07. The first-order chi connectivity index (χ1) is 15.6. The minimum absolute atomic E-state index is 0.0240. The number of nitrogens with zero attached hydrogens (tertiary/aromatic N) is 1. The van der Waals surface area contributed by atoms with E-state index in [1.807, 2.05) is 0 Å². The fourth-order valence-electron chi connectivity index (χ4n) is 3.47. The molecule has 1 aliphatic carbocycles. The van der Waals surface area contributed by atoms with Crippen molar-refractivity contribution in [3.05, 3.63) is 58.8 Å². The molecule has 1 aromatic carbocycles. The molecule has 1 heterocycles. The summed E-state index contributed by atoms with van der Waals surface area (Å²) in [5, 5.41) is 2.43. The summed E-state index contributed by atoms with van der Waals surface area (Å²) in [7, 11) is 0. The van der Waals surface area contributed by atoms with E-state index in [9.17, 15) is 44.3 Å². The number of rotatable bonds is 4. The number of hydrogen-bond acceptors (Lipinski definition) is 3. The Kier molecular flexibility index (Phi) is 7.04. The van der Waals surface area contributed by atoms with E-state index in [0.717, 1.165) is 12.1 Å². The molecular weight excluding hydrogens is 483 g/mol. The largest absolute Gasteiger partial charge is 0.474 e. The summed E-state index contributed by atoms with van der Waals surface area (Å²) in [5.74, 6) is -1.10. The van der Waals surface area contributed by atoms with E-state index in [1.165, 1.54) is 0 Å². The van der Waals surface area contributed by atoms with Gasteiger partial charge in [0.05, 0.1) is 16.7 Å². The van der Waals surface area contributed by atoms with Gasteiger partial charge < -0.3 is 10.1 Å². The lowest BCUT2D eigenvalue weighted by molar-refractivity contribution is -0.143. The molecule has 0 unspecified atom stereocenters. The topological polar surface area (TPSA) is 51.2 Å². The zero-order valence-corrected chi connectivity index (χ0v) is 17.1. The summed E-state index contributed by atoms with van der Waals surface area (Å²) >= 11 is 0. The van der Waals surface area contributed by atoms with E-state index < -0.39 is 58.8 Å². The van der Waals surface area contributed by atoms with Crippen molar-refractivity contribution in [2.75, 3.05) is 0 Å². The van der Waals surface area contributed by atoms with Crippen molar-refractivity contribution < 1.29 is 49.0 Å². The molecule has 1 amide bonds. The molecule has 0 spiro atoms. The van der Waals surface area contributed by atoms with E-state index in [4.69, 9.17) is 4.74 Å². The average Bonchev–Trinajstić information content (AvgIpc) is 2.73. The summed E-state index contributed by atoms with van der Waals surface area (Å²) in [6.07, 6.45) is -13.2. The van der Waals surface area contributed by atoms with Crippen LogP contribution in [0.2, 0.25) is 0 Å². The molecule has 1 N–H and O–H groups in total. The van der Waals surface area contributed by atoms with E-state index in [2.05, 4.69) is 10.3 Å². The first-order valence-corrected chi connectivity index (χ1v) is 9.93. The minimum Gasteiger partial charge on any atom is -0.474 e. The summed E-state index contributed by atoms with van der Waals surface area (Å²) in [6, 6.07) is 2.01. The first-order valence-electron chi connectivity index (χ1n) is 9.93. The molecule has 0 radical (unpaired) electrons. The lowest BCUT2D eigenvalue weighted by Crippen LogP contribution is -2.40. The second-order valence-electron chi connectivity index (χ2n) is 7.74. The maximum atomic E-state index is 13.0. The predicted molar refractivity (Wildman–Crippen MR) is 99.8 cm³/mol. The molecule has 1 saturated carbocycles. The first kappa shape index (κ1) is 25.6. The maximum Gasteiger partial charge on any atom is 0.417 e. The number of halogens is 9. The van der Waals surface area contributed by atoms with Crippen molar-refractivity contribution in [2.45, 2.75) is 56.4 Å². The highest BCUT2D eigenvalue weighted by molar-refractivity contribution is 5.94. The Labute approximate surface area is 187 Å². The van der Waals surface area contributed by atoms with Crippen molar-refractivity contribution in [1.82, 2.24) is 10.3 Å². The van der Waals surface area contributed by atoms with Gasteiger partial charge in [-0.15, -0.1) is 0 Å². The van der Waals surface area contributed by atoms with E-state index in [-0.39, 0.29) is 11.9 Å². The molecule has 13 heteroatoms. The highest BCUT2D eigenvalue weighted by Gasteiger charge is 2.38. The number of hydrogen-bond donors (Lipinski definition) is 1. The maximum absolute atomic E-state index is 13.0. The van der Waals surface area contributed by atoms with Crippen LogP contribution < -0.4 is 10.1 Å². The number of benzene rings is 1. The summed E-state index contributed by atoms with van der Waals surface area (Å²) in [4.78, 5) is 16.0. The van der Waals surface area contributed by atoms with Gasteiger partial charge in [-0.3, -0.25) is 4.79 Å². The van der Waals surface area contributed by atoms with Crippen LogP contribution >= 0.6 is 0 Å². The van der Waals surface area contributed by atoms with E-state index in [0.29, 0.717) is 44.0 Å². The number of pyridine rings is 1. The zero-order chi connectivity index (χ0) is 25.3. The van der Waals surface area contributed by atoms with Crippen LogP contribution in [0.15, 0.2) is 36.5 Å². The zero-order valence-electron chi connectivity index (χ0n) is 17.1. The molecule has 0 saturated heterocycles. The number of carbonyl (C=O) groups is 1. The van der Waals surface area contributed by atoms with Gasteiger partial charge >= 0.3 is 18.5 Å². The SMILES string of the molecule is O=C(NC1CCC(Oc2ccc(C(F)(F)F)cn2)CC1)c1cc(C(F)(F)F)cc(C(F)(F)F)c1. The number of aromatic nitrogens is 1. The Balaban J connectivity index is 1.60. The average molecular weight is 500 g/mol. The molecule has 1 aliphatic rings. The Morgan fingerprint density at radius 3 is 1.76 bits per heavy atom. The van der Waals surface area contributed by atoms with Crippen molar-refractivity contribution in [3.8, 4) is 5.88 Å². The molecular formula is C21H17F9N2O2. The van der Waals surface area contributed by atoms with E-state index in [1.54, 1.807) is 0 Å². The van der Waals surface area contributed by atoms with Gasteiger partial charge in [0.1, 0.15) is 6.10 Å². The highest BCUT2D eigenvalue weighted by atomic mass is 19.4. The van der Waals surface area contributed by atoms with Crippen LogP contribution in [0.5, 0.6) is 5.88 Å². The molecule has 2 aromatic rings. The number of nitrogens with one attached hydrogen (secondary N) is 1. The van der Waals surface area contributed by atoms with Gasteiger partial charge in [0.25, 0.3) is 5.91 Å². The van der Waals surface area contributed by atoms with Crippen molar-refractivity contribution >= 4 is 5.91 Å². The van der Waals surface area contributed by atoms with Crippen molar-refractivity contribution in [2.24, 2.45) is 0 Å². The summed E-state index contributed by atoms with van der Waals surface area (Å²) in [6.45, 7) is 0. The van der Waals surface area contributed by atoms with Crippen LogP contribution in [0.3, 0.4) is 0 Å². The second kappa shape index (κ2) is 9.34. The van der Waals surface area contributed by atoms with Crippen LogP contribution in [0, 0.1) is 0 Å². The Hall–Kier alpha value is -2.99. The second-order valence-corrected chi connectivity index (χ2v) is 7.74. The van der Waals surface area contributed by atoms with Gasteiger partial charge in [0.15, 0.2) is 0 Å². The lowest BCUT2D eigenvalue weighted by atomic mass is 9.92. The number of ether oxygens (including phenoxy) is 1. The monoisotopic (exact) mass is 500 g/mol. The predicted octanol–water partition coefficient (Wildman–Crippen LogP) is 6.26. The van der Waals surface area contributed by atoms with Crippen LogP contribution in [0.25, 0.3) is 0 Å². The molecule has 4 nitrogen and oxygen atoms in total. The van der Waals surface area contributed by atoms with Crippen LogP contribution in [-0.4, -0.2) is 23.0 Å². The third kappa shape index (κ3) is 6.54. The molecule has 34 heavy (non-hydrogen) atoms. The number of alkyl halides is 9. The van der Waals surface area contributed by atoms with Gasteiger partial charge in [0.2, 0.25) is 5.88 Å². The highest BCUT2D eigenvalue weighted by Crippen LogP contribution is 2.36. The standard InChI is InChI=1S/C21H17F9N2O2/c22-19(23,24)12-1-6-17(31-10-12)34-16-4-2-15(3-5-16)32-18(33)11-7-13(20(25,26)27)9-14(8-11)21(28,29)30/h1,6-10,15-16H,2-5H2,(H,32,33). The summed E-state index contributed by atoms with van der Waals surface area (Å²) in [5.41, 5.74) is -4.88. The fourth-order valence-corrected chi connectivity index (χ4v) is 3.47.